The maximum Gasteiger partial charge on any atom is 0.245 e. The molecule has 17 heavy (non-hydrogen) atoms. The number of rotatable bonds is 3. The lowest BCUT2D eigenvalue weighted by molar-refractivity contribution is 0.216. The van der Waals surface area contributed by atoms with E-state index in [4.69, 9.17) is 4.74 Å². The third kappa shape index (κ3) is 1.84. The molecule has 0 radical (unpaired) electrons. The van der Waals surface area contributed by atoms with Crippen molar-refractivity contribution < 1.29 is 4.74 Å². The minimum atomic E-state index is 0.194. The average molecular weight is 233 g/mol. The molecule has 0 spiro atoms. The molecule has 0 saturated carbocycles. The first-order valence-electron chi connectivity index (χ1n) is 5.91. The van der Waals surface area contributed by atoms with Crippen molar-refractivity contribution in [1.29, 1.82) is 0 Å². The predicted molar refractivity (Wildman–Crippen MR) is 62.9 cm³/mol. The van der Waals surface area contributed by atoms with Crippen molar-refractivity contribution in [1.82, 2.24) is 24.8 Å². The zero-order chi connectivity index (χ0) is 11.7. The van der Waals surface area contributed by atoms with Gasteiger partial charge in [0.15, 0.2) is 11.2 Å². The number of aryl methyl sites for hydroxylation is 1. The summed E-state index contributed by atoms with van der Waals surface area (Å²) in [6.07, 6.45) is 4.52. The average Bonchev–Trinajstić information content (AvgIpc) is 2.97. The van der Waals surface area contributed by atoms with Crippen LogP contribution in [-0.2, 0) is 6.54 Å². The highest BCUT2D eigenvalue weighted by Gasteiger charge is 2.19. The van der Waals surface area contributed by atoms with E-state index in [1.54, 1.807) is 6.33 Å². The van der Waals surface area contributed by atoms with Gasteiger partial charge in [0.1, 0.15) is 12.4 Å². The summed E-state index contributed by atoms with van der Waals surface area (Å²) in [5.74, 6) is 0.593. The van der Waals surface area contributed by atoms with E-state index in [2.05, 4.69) is 27.2 Å². The first-order valence-corrected chi connectivity index (χ1v) is 5.91. The topological polar surface area (TPSA) is 64.9 Å². The standard InChI is InChI=1S/C11H15N5O/c1-2-16-7-15-9-10(16)13-6-14-11(9)17-8-3-4-12-5-8/h6-8,12H,2-5H2,1H3. The van der Waals surface area contributed by atoms with Crippen molar-refractivity contribution in [3.63, 3.8) is 0 Å². The Hall–Kier alpha value is -1.69. The third-order valence-electron chi connectivity index (χ3n) is 3.00. The Morgan fingerprint density at radius 1 is 1.47 bits per heavy atom. The summed E-state index contributed by atoms with van der Waals surface area (Å²) in [6.45, 7) is 4.78. The SMILES string of the molecule is CCn1cnc2c(OC3CCNC3)ncnc21. The van der Waals surface area contributed by atoms with Gasteiger partial charge in [0.25, 0.3) is 0 Å². The molecule has 1 aliphatic heterocycles. The Kier molecular flexibility index (Phi) is 2.64. The van der Waals surface area contributed by atoms with Gasteiger partial charge in [-0.25, -0.2) is 9.97 Å². The largest absolute Gasteiger partial charge is 0.471 e. The van der Waals surface area contributed by atoms with Crippen LogP contribution in [0, 0.1) is 0 Å². The minimum absolute atomic E-state index is 0.194. The Bertz CT molecular complexity index is 518. The zero-order valence-electron chi connectivity index (χ0n) is 9.76. The van der Waals surface area contributed by atoms with Gasteiger partial charge in [-0.3, -0.25) is 0 Å². The van der Waals surface area contributed by atoms with Crippen LogP contribution >= 0.6 is 0 Å². The van der Waals surface area contributed by atoms with E-state index < -0.39 is 0 Å². The molecule has 0 amide bonds. The van der Waals surface area contributed by atoms with E-state index in [9.17, 15) is 0 Å². The highest BCUT2D eigenvalue weighted by atomic mass is 16.5. The molecule has 3 heterocycles. The molecule has 0 aliphatic carbocycles. The highest BCUT2D eigenvalue weighted by Crippen LogP contribution is 2.21. The van der Waals surface area contributed by atoms with Crippen LogP contribution in [-0.4, -0.2) is 38.7 Å². The smallest absolute Gasteiger partial charge is 0.245 e. The number of hydrogen-bond donors (Lipinski definition) is 1. The number of nitrogens with one attached hydrogen (secondary N) is 1. The van der Waals surface area contributed by atoms with Gasteiger partial charge < -0.3 is 14.6 Å². The maximum atomic E-state index is 5.86. The lowest BCUT2D eigenvalue weighted by Crippen LogP contribution is -2.20. The molecule has 1 saturated heterocycles. The van der Waals surface area contributed by atoms with E-state index in [0.717, 1.165) is 37.2 Å². The fraction of sp³-hybridized carbons (Fsp3) is 0.545. The lowest BCUT2D eigenvalue weighted by atomic mass is 10.3. The van der Waals surface area contributed by atoms with Crippen LogP contribution in [0.25, 0.3) is 11.2 Å². The number of hydrogen-bond acceptors (Lipinski definition) is 5. The quantitative estimate of drug-likeness (QED) is 0.840. The number of aromatic nitrogens is 4. The van der Waals surface area contributed by atoms with Gasteiger partial charge in [-0.15, -0.1) is 0 Å². The monoisotopic (exact) mass is 233 g/mol. The summed E-state index contributed by atoms with van der Waals surface area (Å²) in [5, 5.41) is 3.26. The Morgan fingerprint density at radius 3 is 3.18 bits per heavy atom. The second-order valence-electron chi connectivity index (χ2n) is 4.11. The molecule has 1 atom stereocenters. The predicted octanol–water partition coefficient (Wildman–Crippen LogP) is 0.587. The van der Waals surface area contributed by atoms with E-state index in [-0.39, 0.29) is 6.10 Å². The number of fused-ring (bicyclic) bond motifs is 1. The molecule has 1 unspecified atom stereocenters. The molecule has 6 nitrogen and oxygen atoms in total. The molecular weight excluding hydrogens is 218 g/mol. The van der Waals surface area contributed by atoms with Crippen molar-refractivity contribution in [2.45, 2.75) is 26.0 Å². The van der Waals surface area contributed by atoms with Gasteiger partial charge in [0.2, 0.25) is 5.88 Å². The van der Waals surface area contributed by atoms with Gasteiger partial charge >= 0.3 is 0 Å². The highest BCUT2D eigenvalue weighted by molar-refractivity contribution is 5.75. The molecule has 1 fully saturated rings. The molecule has 90 valence electrons. The summed E-state index contributed by atoms with van der Waals surface area (Å²) in [6, 6.07) is 0. The van der Waals surface area contributed by atoms with E-state index in [1.165, 1.54) is 6.33 Å². The van der Waals surface area contributed by atoms with Crippen molar-refractivity contribution in [2.75, 3.05) is 13.1 Å². The molecule has 1 N–H and O–H groups in total. The summed E-state index contributed by atoms with van der Waals surface area (Å²) in [4.78, 5) is 12.7. The van der Waals surface area contributed by atoms with E-state index >= 15 is 0 Å². The first-order chi connectivity index (χ1) is 8.38. The van der Waals surface area contributed by atoms with E-state index in [1.807, 2.05) is 4.57 Å². The van der Waals surface area contributed by atoms with Gasteiger partial charge in [0, 0.05) is 13.1 Å². The number of nitrogens with zero attached hydrogens (tertiary/aromatic N) is 4. The van der Waals surface area contributed by atoms with Crippen LogP contribution in [0.3, 0.4) is 0 Å². The number of imidazole rings is 1. The normalized spacial score (nSPS) is 19.9. The van der Waals surface area contributed by atoms with Gasteiger partial charge in [0.05, 0.1) is 6.33 Å². The fourth-order valence-electron chi connectivity index (χ4n) is 2.06. The maximum absolute atomic E-state index is 5.86. The molecule has 3 rings (SSSR count). The summed E-state index contributed by atoms with van der Waals surface area (Å²) in [7, 11) is 0. The van der Waals surface area contributed by atoms with Crippen LogP contribution in [0.4, 0.5) is 0 Å². The summed E-state index contributed by atoms with van der Waals surface area (Å²) in [5.41, 5.74) is 1.59. The lowest BCUT2D eigenvalue weighted by Gasteiger charge is -2.11. The minimum Gasteiger partial charge on any atom is -0.471 e. The van der Waals surface area contributed by atoms with Crippen molar-refractivity contribution in [3.05, 3.63) is 12.7 Å². The fourth-order valence-corrected chi connectivity index (χ4v) is 2.06. The molecule has 0 bridgehead atoms. The summed E-state index contributed by atoms with van der Waals surface area (Å²) < 4.78 is 7.84. The van der Waals surface area contributed by atoms with Crippen LogP contribution in [0.2, 0.25) is 0 Å². The van der Waals surface area contributed by atoms with Gasteiger partial charge in [-0.05, 0) is 19.9 Å². The second kappa shape index (κ2) is 4.29. The van der Waals surface area contributed by atoms with E-state index in [0.29, 0.717) is 5.88 Å². The Balaban J connectivity index is 1.95. The van der Waals surface area contributed by atoms with Gasteiger partial charge in [-0.1, -0.05) is 0 Å². The molecule has 1 aliphatic rings. The molecular formula is C11H15N5O. The van der Waals surface area contributed by atoms with Crippen LogP contribution in [0.15, 0.2) is 12.7 Å². The van der Waals surface area contributed by atoms with Crippen molar-refractivity contribution in [2.24, 2.45) is 0 Å². The number of ether oxygens (including phenoxy) is 1. The molecule has 2 aromatic heterocycles. The van der Waals surface area contributed by atoms with Crippen molar-refractivity contribution in [3.8, 4) is 5.88 Å². The third-order valence-corrected chi connectivity index (χ3v) is 3.00. The molecule has 6 heteroatoms. The first kappa shape index (κ1) is 10.5. The van der Waals surface area contributed by atoms with Crippen LogP contribution in [0.1, 0.15) is 13.3 Å². The van der Waals surface area contributed by atoms with Crippen molar-refractivity contribution >= 4 is 11.2 Å². The Morgan fingerprint density at radius 2 is 2.41 bits per heavy atom. The molecule has 2 aromatic rings. The van der Waals surface area contributed by atoms with Gasteiger partial charge in [-0.2, -0.15) is 4.98 Å². The zero-order valence-corrected chi connectivity index (χ0v) is 9.76. The molecule has 0 aromatic carbocycles. The van der Waals surface area contributed by atoms with Crippen LogP contribution in [0.5, 0.6) is 5.88 Å². The second-order valence-corrected chi connectivity index (χ2v) is 4.11. The summed E-state index contributed by atoms with van der Waals surface area (Å²) >= 11 is 0. The van der Waals surface area contributed by atoms with Crippen LogP contribution < -0.4 is 10.1 Å². The Labute approximate surface area is 99.0 Å².